The molecule has 0 radical (unpaired) electrons. The summed E-state index contributed by atoms with van der Waals surface area (Å²) in [6, 6.07) is 6.61. The molecule has 1 nitrogen and oxygen atoms in total. The Hall–Kier alpha value is -0.890. The molecule has 1 fully saturated rings. The monoisotopic (exact) mass is 165 g/mol. The first-order valence-electron chi connectivity index (χ1n) is 4.28. The molecular formula is C10H12FN. The summed E-state index contributed by atoms with van der Waals surface area (Å²) in [7, 11) is 0. The summed E-state index contributed by atoms with van der Waals surface area (Å²) in [5, 5.41) is 0. The van der Waals surface area contributed by atoms with Gasteiger partial charge in [0.2, 0.25) is 0 Å². The van der Waals surface area contributed by atoms with Crippen LogP contribution in [0.25, 0.3) is 0 Å². The average molecular weight is 165 g/mol. The van der Waals surface area contributed by atoms with Crippen LogP contribution in [0.2, 0.25) is 0 Å². The van der Waals surface area contributed by atoms with Gasteiger partial charge in [0.05, 0.1) is 0 Å². The molecule has 2 rings (SSSR count). The van der Waals surface area contributed by atoms with Crippen molar-refractivity contribution in [2.45, 2.75) is 18.9 Å². The lowest BCUT2D eigenvalue weighted by atomic mass is 10.0. The molecule has 0 spiro atoms. The van der Waals surface area contributed by atoms with Crippen molar-refractivity contribution in [3.8, 4) is 0 Å². The van der Waals surface area contributed by atoms with Gasteiger partial charge in [-0.25, -0.2) is 4.39 Å². The molecule has 1 aliphatic carbocycles. The van der Waals surface area contributed by atoms with Crippen LogP contribution in [0.5, 0.6) is 0 Å². The highest BCUT2D eigenvalue weighted by Gasteiger charge is 2.29. The highest BCUT2D eigenvalue weighted by Crippen LogP contribution is 2.39. The van der Waals surface area contributed by atoms with Gasteiger partial charge in [-0.05, 0) is 36.5 Å². The Labute approximate surface area is 71.4 Å². The molecule has 0 amide bonds. The topological polar surface area (TPSA) is 26.0 Å². The van der Waals surface area contributed by atoms with Gasteiger partial charge in [0.25, 0.3) is 0 Å². The van der Waals surface area contributed by atoms with Gasteiger partial charge in [-0.3, -0.25) is 0 Å². The van der Waals surface area contributed by atoms with Crippen molar-refractivity contribution < 1.29 is 4.39 Å². The molecule has 2 heteroatoms. The zero-order valence-corrected chi connectivity index (χ0v) is 6.83. The van der Waals surface area contributed by atoms with Gasteiger partial charge in [-0.15, -0.1) is 0 Å². The maximum absolute atomic E-state index is 12.5. The number of rotatable bonds is 2. The maximum Gasteiger partial charge on any atom is 0.123 e. The van der Waals surface area contributed by atoms with E-state index in [1.54, 1.807) is 12.1 Å². The van der Waals surface area contributed by atoms with E-state index in [1.807, 2.05) is 0 Å². The minimum atomic E-state index is -0.193. The van der Waals surface area contributed by atoms with Crippen molar-refractivity contribution in [2.24, 2.45) is 11.7 Å². The summed E-state index contributed by atoms with van der Waals surface area (Å²) in [5.74, 6) is 0.442. The molecule has 0 aliphatic heterocycles. The normalized spacial score (nSPS) is 19.2. The number of halogens is 1. The first-order valence-corrected chi connectivity index (χ1v) is 4.28. The third kappa shape index (κ3) is 1.48. The van der Waals surface area contributed by atoms with E-state index >= 15 is 0 Å². The maximum atomic E-state index is 12.5. The molecule has 0 unspecified atom stereocenters. The molecule has 12 heavy (non-hydrogen) atoms. The molecule has 0 heterocycles. The Morgan fingerprint density at radius 2 is 1.83 bits per heavy atom. The van der Waals surface area contributed by atoms with Gasteiger partial charge in [0, 0.05) is 6.04 Å². The fraction of sp³-hybridized carbons (Fsp3) is 0.400. The molecule has 0 saturated heterocycles. The summed E-state index contributed by atoms with van der Waals surface area (Å²) in [5.41, 5.74) is 6.98. The van der Waals surface area contributed by atoms with E-state index in [2.05, 4.69) is 0 Å². The molecule has 64 valence electrons. The van der Waals surface area contributed by atoms with Crippen molar-refractivity contribution in [1.29, 1.82) is 0 Å². The van der Waals surface area contributed by atoms with Gasteiger partial charge in [0.1, 0.15) is 5.82 Å². The molecule has 1 saturated carbocycles. The summed E-state index contributed by atoms with van der Waals surface area (Å²) >= 11 is 0. The Morgan fingerprint density at radius 1 is 1.25 bits per heavy atom. The number of nitrogens with two attached hydrogens (primary N) is 1. The van der Waals surface area contributed by atoms with Crippen LogP contribution in [0, 0.1) is 11.7 Å². The molecule has 0 bridgehead atoms. The third-order valence-corrected chi connectivity index (χ3v) is 2.38. The smallest absolute Gasteiger partial charge is 0.123 e. The minimum absolute atomic E-state index is 0.116. The Bertz CT molecular complexity index is 264. The van der Waals surface area contributed by atoms with Crippen molar-refractivity contribution in [3.63, 3.8) is 0 Å². The largest absolute Gasteiger partial charge is 0.324 e. The molecule has 1 aliphatic rings. The van der Waals surface area contributed by atoms with E-state index in [4.69, 9.17) is 5.73 Å². The molecule has 2 N–H and O–H groups in total. The van der Waals surface area contributed by atoms with Crippen LogP contribution in [0.1, 0.15) is 24.4 Å². The number of benzene rings is 1. The second-order valence-corrected chi connectivity index (χ2v) is 3.41. The minimum Gasteiger partial charge on any atom is -0.324 e. The lowest BCUT2D eigenvalue weighted by Crippen LogP contribution is -2.11. The molecular weight excluding hydrogens is 153 g/mol. The van der Waals surface area contributed by atoms with Gasteiger partial charge in [-0.1, -0.05) is 12.1 Å². The van der Waals surface area contributed by atoms with Gasteiger partial charge < -0.3 is 5.73 Å². The van der Waals surface area contributed by atoms with Crippen molar-refractivity contribution in [3.05, 3.63) is 35.6 Å². The van der Waals surface area contributed by atoms with Gasteiger partial charge in [0.15, 0.2) is 0 Å². The van der Waals surface area contributed by atoms with Crippen LogP contribution in [-0.2, 0) is 0 Å². The fourth-order valence-electron chi connectivity index (χ4n) is 1.41. The lowest BCUT2D eigenvalue weighted by molar-refractivity contribution is 0.613. The van der Waals surface area contributed by atoms with E-state index in [0.29, 0.717) is 5.92 Å². The summed E-state index contributed by atoms with van der Waals surface area (Å²) in [4.78, 5) is 0. The average Bonchev–Trinajstić information content (AvgIpc) is 2.87. The Kier molecular flexibility index (Phi) is 1.85. The number of hydrogen-bond donors (Lipinski definition) is 1. The van der Waals surface area contributed by atoms with Crippen LogP contribution in [0.3, 0.4) is 0 Å². The predicted octanol–water partition coefficient (Wildman–Crippen LogP) is 2.24. The van der Waals surface area contributed by atoms with Gasteiger partial charge >= 0.3 is 0 Å². The fourth-order valence-corrected chi connectivity index (χ4v) is 1.41. The van der Waals surface area contributed by atoms with Gasteiger partial charge in [-0.2, -0.15) is 0 Å². The molecule has 0 aromatic heterocycles. The number of hydrogen-bond acceptors (Lipinski definition) is 1. The zero-order valence-electron chi connectivity index (χ0n) is 6.83. The highest BCUT2D eigenvalue weighted by atomic mass is 19.1. The van der Waals surface area contributed by atoms with Crippen molar-refractivity contribution in [1.82, 2.24) is 0 Å². The first kappa shape index (κ1) is 7.74. The van der Waals surface area contributed by atoms with Crippen LogP contribution in [0.15, 0.2) is 24.3 Å². The van der Waals surface area contributed by atoms with E-state index in [9.17, 15) is 4.39 Å². The predicted molar refractivity (Wildman–Crippen MR) is 46.1 cm³/mol. The van der Waals surface area contributed by atoms with Crippen molar-refractivity contribution >= 4 is 0 Å². The van der Waals surface area contributed by atoms with Crippen LogP contribution in [0.4, 0.5) is 4.39 Å². The zero-order chi connectivity index (χ0) is 8.55. The Morgan fingerprint density at radius 3 is 2.33 bits per heavy atom. The van der Waals surface area contributed by atoms with Crippen LogP contribution in [-0.4, -0.2) is 0 Å². The van der Waals surface area contributed by atoms with Crippen molar-refractivity contribution in [2.75, 3.05) is 0 Å². The SMILES string of the molecule is N[C@@H](c1ccc(F)cc1)C1CC1. The standard InChI is InChI=1S/C10H12FN/c11-9-5-3-8(4-6-9)10(12)7-1-2-7/h3-7,10H,1-2,12H2/t10-/m1/s1. The summed E-state index contributed by atoms with van der Waals surface area (Å²) in [6.07, 6.45) is 2.44. The molecule has 1 aromatic rings. The second-order valence-electron chi connectivity index (χ2n) is 3.41. The Balaban J connectivity index is 2.16. The van der Waals surface area contributed by atoms with Crippen LogP contribution >= 0.6 is 0 Å². The van der Waals surface area contributed by atoms with E-state index in [0.717, 1.165) is 5.56 Å². The first-order chi connectivity index (χ1) is 5.77. The summed E-state index contributed by atoms with van der Waals surface area (Å²) < 4.78 is 12.5. The lowest BCUT2D eigenvalue weighted by Gasteiger charge is -2.09. The van der Waals surface area contributed by atoms with E-state index in [-0.39, 0.29) is 11.9 Å². The highest BCUT2D eigenvalue weighted by molar-refractivity contribution is 5.21. The quantitative estimate of drug-likeness (QED) is 0.714. The third-order valence-electron chi connectivity index (χ3n) is 2.38. The van der Waals surface area contributed by atoms with E-state index in [1.165, 1.54) is 25.0 Å². The summed E-state index contributed by atoms with van der Waals surface area (Å²) in [6.45, 7) is 0. The van der Waals surface area contributed by atoms with Crippen LogP contribution < -0.4 is 5.73 Å². The second kappa shape index (κ2) is 2.87. The van der Waals surface area contributed by atoms with E-state index < -0.39 is 0 Å². The molecule has 1 aromatic carbocycles. The molecule has 1 atom stereocenters.